The van der Waals surface area contributed by atoms with Crippen molar-refractivity contribution in [3.8, 4) is 0 Å². The SMILES string of the molecule is O.O=P([O-])([O-])[O-].[O-]B([O-])[O-].[Zn+2].[Zn+2].[Zn+2]. The molecule has 0 aromatic rings. The van der Waals surface area contributed by atoms with Gasteiger partial charge in [0.25, 0.3) is 0 Å². The Hall–Kier alpha value is 1.89. The van der Waals surface area contributed by atoms with Gasteiger partial charge in [-0.1, -0.05) is 0 Å². The van der Waals surface area contributed by atoms with Crippen LogP contribution >= 0.6 is 7.82 Å². The summed E-state index contributed by atoms with van der Waals surface area (Å²) in [6, 6.07) is 0. The van der Waals surface area contributed by atoms with Crippen LogP contribution in [0.2, 0.25) is 0 Å². The van der Waals surface area contributed by atoms with Gasteiger partial charge in [0.05, 0.1) is 0 Å². The van der Waals surface area contributed by atoms with Crippen LogP contribution < -0.4 is 29.8 Å². The molecule has 13 heteroatoms. The largest absolute Gasteiger partial charge is 2.00 e. The second-order valence-corrected chi connectivity index (χ2v) is 1.63. The van der Waals surface area contributed by atoms with Crippen molar-refractivity contribution in [2.45, 2.75) is 0 Å². The standard InChI is InChI=1S/BO3.H3O4P.H2O.3Zn/c2-1(3)4;1-5(2,3)4;;;;/h;(H3,1,2,3,4);1H2;;;/q-3;;;3*+2/p-3. The Balaban J connectivity index is -0.0000000146. The Morgan fingerprint density at radius 1 is 0.846 bits per heavy atom. The van der Waals surface area contributed by atoms with Crippen molar-refractivity contribution >= 4 is 15.1 Å². The zero-order valence-corrected chi connectivity index (χ0v) is 16.3. The number of hydrogen-bond acceptors (Lipinski definition) is 7. The molecule has 0 amide bonds. The average Bonchev–Trinajstić information content (AvgIpc) is 1.19. The summed E-state index contributed by atoms with van der Waals surface area (Å²) in [6.07, 6.45) is 0. The van der Waals surface area contributed by atoms with Crippen LogP contribution in [0.4, 0.5) is 0 Å². The van der Waals surface area contributed by atoms with Crippen LogP contribution in [0.25, 0.3) is 0 Å². The molecule has 0 unspecified atom stereocenters. The van der Waals surface area contributed by atoms with Crippen LogP contribution in [0.5, 0.6) is 0 Å². The molecule has 0 radical (unpaired) electrons. The first-order valence-corrected chi connectivity index (χ1v) is 2.90. The smallest absolute Gasteiger partial charge is 0.907 e. The topological polar surface area (TPSA) is 187 Å². The van der Waals surface area contributed by atoms with Gasteiger partial charge < -0.3 is 39.8 Å². The third-order valence-corrected chi connectivity index (χ3v) is 0. The Bertz CT molecular complexity index is 90.5. The van der Waals surface area contributed by atoms with Gasteiger partial charge in [0.2, 0.25) is 0 Å². The molecule has 13 heavy (non-hydrogen) atoms. The minimum Gasteiger partial charge on any atom is -0.907 e. The second-order valence-electron chi connectivity index (χ2n) is 0.736. The first-order valence-electron chi connectivity index (χ1n) is 1.44. The Labute approximate surface area is 113 Å². The Kier molecular flexibility index (Phi) is 54.4. The van der Waals surface area contributed by atoms with Crippen LogP contribution in [0.1, 0.15) is 0 Å². The van der Waals surface area contributed by atoms with Crippen molar-refractivity contribution in [2.75, 3.05) is 0 Å². The van der Waals surface area contributed by atoms with E-state index in [-0.39, 0.29) is 63.9 Å². The van der Waals surface area contributed by atoms with E-state index in [1.807, 2.05) is 0 Å². The summed E-state index contributed by atoms with van der Waals surface area (Å²) in [5.74, 6) is 0. The zero-order chi connectivity index (χ0) is 8.08. The molecule has 0 heterocycles. The third-order valence-electron chi connectivity index (χ3n) is 0. The summed E-state index contributed by atoms with van der Waals surface area (Å²) < 4.78 is 8.55. The molecular formula is H2BO8PZn3. The van der Waals surface area contributed by atoms with Crippen molar-refractivity contribution in [1.82, 2.24) is 0 Å². The molecule has 0 aliphatic rings. The molecule has 0 rings (SSSR count). The molecule has 0 aromatic heterocycles. The predicted octanol–water partition coefficient (Wildman–Crippen LogP) is -7.60. The van der Waals surface area contributed by atoms with E-state index < -0.39 is 15.1 Å². The van der Waals surface area contributed by atoms with Crippen molar-refractivity contribution in [3.63, 3.8) is 0 Å². The van der Waals surface area contributed by atoms with Gasteiger partial charge >= 0.3 is 58.4 Å². The molecule has 0 saturated carbocycles. The summed E-state index contributed by atoms with van der Waals surface area (Å²) >= 11 is 0. The summed E-state index contributed by atoms with van der Waals surface area (Å²) in [7, 11) is -8.31. The Morgan fingerprint density at radius 3 is 0.846 bits per heavy atom. The summed E-state index contributed by atoms with van der Waals surface area (Å²) in [5, 5.41) is 25.2. The second kappa shape index (κ2) is 19.5. The molecule has 8 nitrogen and oxygen atoms in total. The summed E-state index contributed by atoms with van der Waals surface area (Å²) in [5.41, 5.74) is 0. The van der Waals surface area contributed by atoms with Gasteiger partial charge in [-0.05, 0) is 0 Å². The first-order chi connectivity index (χ1) is 3.73. The van der Waals surface area contributed by atoms with Gasteiger partial charge in [-0.25, -0.2) is 0 Å². The van der Waals surface area contributed by atoms with Gasteiger partial charge in [-0.2, -0.15) is 7.82 Å². The maximum Gasteiger partial charge on any atom is 2.00 e. The zero-order valence-electron chi connectivity index (χ0n) is 6.50. The number of hydrogen-bond donors (Lipinski definition) is 0. The van der Waals surface area contributed by atoms with Crippen LogP contribution in [0, 0.1) is 0 Å². The molecule has 0 aliphatic carbocycles. The molecular weight excluding hydrogens is 366 g/mol. The maximum atomic E-state index is 8.55. The van der Waals surface area contributed by atoms with Crippen LogP contribution in [-0.4, -0.2) is 12.8 Å². The molecule has 0 spiro atoms. The van der Waals surface area contributed by atoms with E-state index in [0.29, 0.717) is 0 Å². The molecule has 0 fully saturated rings. The number of phosphoric acid groups is 1. The minimum atomic E-state index is -5.39. The van der Waals surface area contributed by atoms with Crippen molar-refractivity contribution in [3.05, 3.63) is 0 Å². The number of rotatable bonds is 0. The van der Waals surface area contributed by atoms with Gasteiger partial charge in [-0.3, -0.25) is 7.32 Å². The molecule has 64 valence electrons. The molecule has 2 N–H and O–H groups in total. The third kappa shape index (κ3) is 552. The van der Waals surface area contributed by atoms with Crippen LogP contribution in [-0.2, 0) is 63.0 Å². The van der Waals surface area contributed by atoms with E-state index in [0.717, 1.165) is 0 Å². The van der Waals surface area contributed by atoms with E-state index in [1.54, 1.807) is 0 Å². The molecule has 0 atom stereocenters. The maximum absolute atomic E-state index is 8.55. The molecule has 0 aliphatic heterocycles. The van der Waals surface area contributed by atoms with Crippen LogP contribution in [0.3, 0.4) is 0 Å². The fraction of sp³-hybridized carbons (Fsp3) is 0. The fourth-order valence-electron chi connectivity index (χ4n) is 0. The van der Waals surface area contributed by atoms with E-state index >= 15 is 0 Å². The minimum absolute atomic E-state index is 0. The quantitative estimate of drug-likeness (QED) is 0.300. The molecule has 0 bridgehead atoms. The van der Waals surface area contributed by atoms with Gasteiger partial charge in [0.15, 0.2) is 0 Å². The van der Waals surface area contributed by atoms with Crippen molar-refractivity contribution in [1.29, 1.82) is 0 Å². The average molecular weight is 368 g/mol. The van der Waals surface area contributed by atoms with Gasteiger partial charge in [-0.15, -0.1) is 0 Å². The first kappa shape index (κ1) is 36.4. The van der Waals surface area contributed by atoms with E-state index in [1.165, 1.54) is 0 Å². The normalized spacial score (nSPS) is 6.62. The van der Waals surface area contributed by atoms with Crippen molar-refractivity contribution < 1.29 is 98.2 Å². The predicted molar refractivity (Wildman–Crippen MR) is 17.0 cm³/mol. The summed E-state index contributed by atoms with van der Waals surface area (Å²) in [4.78, 5) is 25.6. The summed E-state index contributed by atoms with van der Waals surface area (Å²) in [6.45, 7) is 0. The fourth-order valence-corrected chi connectivity index (χ4v) is 0. The van der Waals surface area contributed by atoms with Gasteiger partial charge in [0.1, 0.15) is 0 Å². The van der Waals surface area contributed by atoms with E-state index in [4.69, 9.17) is 34.3 Å². The van der Waals surface area contributed by atoms with Gasteiger partial charge in [0, 0.05) is 0 Å². The Morgan fingerprint density at radius 2 is 0.846 bits per heavy atom. The molecule has 0 aromatic carbocycles. The van der Waals surface area contributed by atoms with Crippen molar-refractivity contribution in [2.24, 2.45) is 0 Å². The monoisotopic (exact) mass is 364 g/mol. The molecule has 0 saturated heterocycles. The van der Waals surface area contributed by atoms with E-state index in [9.17, 15) is 0 Å². The van der Waals surface area contributed by atoms with Crippen LogP contribution in [0.15, 0.2) is 0 Å². The van der Waals surface area contributed by atoms with E-state index in [2.05, 4.69) is 0 Å².